The average molecular weight is 310 g/mol. The maximum atomic E-state index is 11.7. The van der Waals surface area contributed by atoms with Gasteiger partial charge < -0.3 is 19.6 Å². The second-order valence-electron chi connectivity index (χ2n) is 5.44. The lowest BCUT2D eigenvalue weighted by Crippen LogP contribution is -2.35. The molecule has 0 saturated carbocycles. The van der Waals surface area contributed by atoms with Crippen LogP contribution in [0.3, 0.4) is 0 Å². The monoisotopic (exact) mass is 310 g/mol. The van der Waals surface area contributed by atoms with Crippen LogP contribution in [0.15, 0.2) is 18.2 Å². The Morgan fingerprint density at radius 1 is 1.41 bits per heavy atom. The van der Waals surface area contributed by atoms with Crippen LogP contribution >= 0.6 is 0 Å². The number of aldehydes is 1. The molecule has 0 heterocycles. The normalized spacial score (nSPS) is 12.2. The van der Waals surface area contributed by atoms with Crippen LogP contribution < -0.4 is 10.1 Å². The molecule has 1 N–H and O–H groups in total. The highest BCUT2D eigenvalue weighted by atomic mass is 16.6. The van der Waals surface area contributed by atoms with Gasteiger partial charge in [-0.3, -0.25) is 10.1 Å². The number of rotatable bonds is 5. The Kier molecular flexibility index (Phi) is 5.44. The van der Waals surface area contributed by atoms with Crippen molar-refractivity contribution in [1.82, 2.24) is 5.32 Å². The summed E-state index contributed by atoms with van der Waals surface area (Å²) in [5.41, 5.74) is -0.589. The number of hydrogen-bond donors (Lipinski definition) is 1. The van der Waals surface area contributed by atoms with Gasteiger partial charge in [0, 0.05) is 11.6 Å². The number of hydrogen-bond acceptors (Lipinski definition) is 6. The first-order valence-electron chi connectivity index (χ1n) is 6.45. The second kappa shape index (κ2) is 6.88. The maximum absolute atomic E-state index is 11.7. The van der Waals surface area contributed by atoms with Crippen LogP contribution in [0.1, 0.15) is 32.4 Å². The zero-order valence-corrected chi connectivity index (χ0v) is 12.8. The van der Waals surface area contributed by atoms with Crippen LogP contribution in [-0.2, 0) is 9.53 Å². The molecule has 8 nitrogen and oxygen atoms in total. The average Bonchev–Trinajstić information content (AvgIpc) is 2.42. The fraction of sp³-hybridized carbons (Fsp3) is 0.429. The number of non-ortho nitro benzene ring substituents is 1. The van der Waals surface area contributed by atoms with Crippen molar-refractivity contribution < 1.29 is 24.0 Å². The highest BCUT2D eigenvalue weighted by Crippen LogP contribution is 2.28. The van der Waals surface area contributed by atoms with E-state index in [1.54, 1.807) is 20.8 Å². The van der Waals surface area contributed by atoms with Gasteiger partial charge in [0.25, 0.3) is 5.69 Å². The van der Waals surface area contributed by atoms with Crippen molar-refractivity contribution in [2.45, 2.75) is 32.4 Å². The van der Waals surface area contributed by atoms with Gasteiger partial charge in [0.1, 0.15) is 23.7 Å². The summed E-state index contributed by atoms with van der Waals surface area (Å²) in [6.45, 7) is 5.07. The van der Waals surface area contributed by atoms with Crippen LogP contribution in [0.4, 0.5) is 10.5 Å². The van der Waals surface area contributed by atoms with Gasteiger partial charge in [0.15, 0.2) is 0 Å². The lowest BCUT2D eigenvalue weighted by molar-refractivity contribution is -0.384. The molecule has 1 amide bonds. The SMILES string of the molecule is COc1cc([N+](=O)[O-])ccc1C(C=O)NC(=O)OC(C)(C)C. The van der Waals surface area contributed by atoms with E-state index in [9.17, 15) is 19.7 Å². The Morgan fingerprint density at radius 2 is 2.05 bits per heavy atom. The second-order valence-corrected chi connectivity index (χ2v) is 5.44. The van der Waals surface area contributed by atoms with Crippen molar-refractivity contribution in [2.24, 2.45) is 0 Å². The van der Waals surface area contributed by atoms with E-state index in [-0.39, 0.29) is 11.4 Å². The van der Waals surface area contributed by atoms with Crippen molar-refractivity contribution in [3.8, 4) is 5.75 Å². The topological polar surface area (TPSA) is 108 Å². The lowest BCUT2D eigenvalue weighted by Gasteiger charge is -2.22. The van der Waals surface area contributed by atoms with Gasteiger partial charge in [-0.25, -0.2) is 4.79 Å². The summed E-state index contributed by atoms with van der Waals surface area (Å²) in [7, 11) is 1.32. The van der Waals surface area contributed by atoms with Crippen molar-refractivity contribution in [3.63, 3.8) is 0 Å². The lowest BCUT2D eigenvalue weighted by atomic mass is 10.1. The Hall–Kier alpha value is -2.64. The van der Waals surface area contributed by atoms with Crippen molar-refractivity contribution >= 4 is 18.1 Å². The minimum atomic E-state index is -1.04. The van der Waals surface area contributed by atoms with Crippen LogP contribution in [0.5, 0.6) is 5.75 Å². The molecule has 22 heavy (non-hydrogen) atoms. The zero-order valence-electron chi connectivity index (χ0n) is 12.8. The number of carbonyl (C=O) groups excluding carboxylic acids is 2. The van der Waals surface area contributed by atoms with E-state index < -0.39 is 22.7 Å². The molecule has 0 aliphatic carbocycles. The Bertz CT molecular complexity index is 579. The van der Waals surface area contributed by atoms with E-state index in [1.807, 2.05) is 0 Å². The van der Waals surface area contributed by atoms with Gasteiger partial charge in [-0.2, -0.15) is 0 Å². The molecule has 1 rings (SSSR count). The summed E-state index contributed by atoms with van der Waals surface area (Å²) in [4.78, 5) is 33.1. The summed E-state index contributed by atoms with van der Waals surface area (Å²) in [6, 6.07) is 2.73. The number of nitro groups is 1. The Balaban J connectivity index is 3.02. The van der Waals surface area contributed by atoms with E-state index >= 15 is 0 Å². The van der Waals surface area contributed by atoms with Gasteiger partial charge in [0.2, 0.25) is 0 Å². The molecule has 0 aromatic heterocycles. The third-order valence-electron chi connectivity index (χ3n) is 2.57. The van der Waals surface area contributed by atoms with E-state index in [0.717, 1.165) is 0 Å². The van der Waals surface area contributed by atoms with Gasteiger partial charge in [-0.1, -0.05) is 0 Å². The van der Waals surface area contributed by atoms with Gasteiger partial charge in [0.05, 0.1) is 18.1 Å². The number of nitrogens with zero attached hydrogens (tertiary/aromatic N) is 1. The molecule has 0 spiro atoms. The largest absolute Gasteiger partial charge is 0.496 e. The number of nitrogens with one attached hydrogen (secondary N) is 1. The molecule has 8 heteroatoms. The van der Waals surface area contributed by atoms with E-state index in [4.69, 9.17) is 9.47 Å². The molecule has 0 radical (unpaired) electrons. The van der Waals surface area contributed by atoms with Gasteiger partial charge in [-0.05, 0) is 26.8 Å². The molecular formula is C14H18N2O6. The Labute approximate surface area is 127 Å². The number of amides is 1. The minimum absolute atomic E-state index is 0.127. The molecule has 120 valence electrons. The summed E-state index contributed by atoms with van der Waals surface area (Å²) < 4.78 is 10.1. The minimum Gasteiger partial charge on any atom is -0.496 e. The Morgan fingerprint density at radius 3 is 2.50 bits per heavy atom. The molecule has 1 unspecified atom stereocenters. The number of alkyl carbamates (subject to hydrolysis) is 1. The maximum Gasteiger partial charge on any atom is 0.408 e. The van der Waals surface area contributed by atoms with E-state index in [1.165, 1.54) is 25.3 Å². The summed E-state index contributed by atoms with van der Waals surface area (Å²) in [6.07, 6.45) is -0.279. The van der Waals surface area contributed by atoms with Crippen molar-refractivity contribution in [2.75, 3.05) is 7.11 Å². The number of benzene rings is 1. The van der Waals surface area contributed by atoms with Crippen molar-refractivity contribution in [3.05, 3.63) is 33.9 Å². The molecule has 0 saturated heterocycles. The van der Waals surface area contributed by atoms with Gasteiger partial charge >= 0.3 is 6.09 Å². The zero-order chi connectivity index (χ0) is 16.9. The molecule has 0 aliphatic heterocycles. The highest BCUT2D eigenvalue weighted by molar-refractivity contribution is 5.75. The predicted molar refractivity (Wildman–Crippen MR) is 77.8 cm³/mol. The molecule has 1 atom stereocenters. The molecule has 0 aliphatic rings. The summed E-state index contributed by atoms with van der Waals surface area (Å²) in [5, 5.41) is 13.1. The highest BCUT2D eigenvalue weighted by Gasteiger charge is 2.23. The quantitative estimate of drug-likeness (QED) is 0.508. The standard InChI is InChI=1S/C14H18N2O6/c1-14(2,3)22-13(18)15-11(8-17)10-6-5-9(16(19)20)7-12(10)21-4/h5-8,11H,1-4H3,(H,15,18). The summed E-state index contributed by atoms with van der Waals surface area (Å²) in [5.74, 6) is 0.127. The van der Waals surface area contributed by atoms with Crippen LogP contribution in [0.2, 0.25) is 0 Å². The smallest absolute Gasteiger partial charge is 0.408 e. The fourth-order valence-corrected chi connectivity index (χ4v) is 1.69. The third kappa shape index (κ3) is 4.72. The first kappa shape index (κ1) is 17.4. The predicted octanol–water partition coefficient (Wildman–Crippen LogP) is 2.37. The summed E-state index contributed by atoms with van der Waals surface area (Å²) >= 11 is 0. The van der Waals surface area contributed by atoms with E-state index in [2.05, 4.69) is 5.32 Å². The first-order valence-corrected chi connectivity index (χ1v) is 6.45. The first-order chi connectivity index (χ1) is 10.2. The third-order valence-corrected chi connectivity index (χ3v) is 2.57. The molecule has 0 bridgehead atoms. The van der Waals surface area contributed by atoms with Crippen LogP contribution in [0.25, 0.3) is 0 Å². The molecular weight excluding hydrogens is 292 g/mol. The van der Waals surface area contributed by atoms with Gasteiger partial charge in [-0.15, -0.1) is 0 Å². The number of ether oxygens (including phenoxy) is 2. The molecule has 1 aromatic rings. The number of carbonyl (C=O) groups is 2. The molecule has 0 fully saturated rings. The number of methoxy groups -OCH3 is 1. The molecule has 1 aromatic carbocycles. The fourth-order valence-electron chi connectivity index (χ4n) is 1.69. The van der Waals surface area contributed by atoms with Crippen LogP contribution in [-0.4, -0.2) is 30.0 Å². The van der Waals surface area contributed by atoms with E-state index in [0.29, 0.717) is 11.8 Å². The number of nitro benzene ring substituents is 1. The van der Waals surface area contributed by atoms with Crippen LogP contribution in [0, 0.1) is 10.1 Å². The van der Waals surface area contributed by atoms with Crippen molar-refractivity contribution in [1.29, 1.82) is 0 Å².